The molecule has 1 amide bonds. The van der Waals surface area contributed by atoms with Crippen molar-refractivity contribution >= 4 is 23.2 Å². The van der Waals surface area contributed by atoms with Crippen molar-refractivity contribution < 1.29 is 32.6 Å². The number of piperidine rings is 1. The highest BCUT2D eigenvalue weighted by Gasteiger charge is 2.47. The number of halogens is 3. The Bertz CT molecular complexity index is 701. The number of alkyl halides is 3. The van der Waals surface area contributed by atoms with Crippen molar-refractivity contribution in [3.05, 3.63) is 35.0 Å². The molecule has 1 atom stereocenters. The number of hydrogen-bond donors (Lipinski definition) is 1. The van der Waals surface area contributed by atoms with Crippen LogP contribution in [-0.4, -0.2) is 70.8 Å². The van der Waals surface area contributed by atoms with Gasteiger partial charge in [0.15, 0.2) is 0 Å². The lowest BCUT2D eigenvalue weighted by Crippen LogP contribution is -2.63. The molecule has 1 aromatic heterocycles. The van der Waals surface area contributed by atoms with E-state index >= 15 is 0 Å². The van der Waals surface area contributed by atoms with E-state index in [4.69, 9.17) is 14.6 Å². The van der Waals surface area contributed by atoms with E-state index in [1.807, 2.05) is 4.90 Å². The predicted molar refractivity (Wildman–Crippen MR) is 103 cm³/mol. The molecule has 0 aromatic carbocycles. The smallest absolute Gasteiger partial charge is 0.475 e. The molecular weight excluding hydrogens is 409 g/mol. The summed E-state index contributed by atoms with van der Waals surface area (Å²) in [4.78, 5) is 25.3. The Morgan fingerprint density at radius 3 is 2.55 bits per heavy atom. The molecule has 2 saturated heterocycles. The molecule has 2 fully saturated rings. The van der Waals surface area contributed by atoms with Crippen LogP contribution in [0.4, 0.5) is 13.2 Å². The van der Waals surface area contributed by atoms with E-state index in [9.17, 15) is 18.0 Å². The Hall–Kier alpha value is -1.91. The van der Waals surface area contributed by atoms with E-state index in [0.29, 0.717) is 6.54 Å². The predicted octanol–water partition coefficient (Wildman–Crippen LogP) is 3.15. The standard InChI is InChI=1S/C17H24N2O2S.C2HF3O2/c1-3-7-19-14(2)17(21-12-16(19)20)5-8-18(9-6-17)11-15-4-10-22-13-15;3-2(4,5)1(6)7/h3-4,10,13-14H,1,5-9,11-12H2,2H3;(H,6,7). The number of carboxylic acids is 1. The van der Waals surface area contributed by atoms with Gasteiger partial charge in [0.25, 0.3) is 0 Å². The number of carbonyl (C=O) groups is 2. The first-order valence-electron chi connectivity index (χ1n) is 9.17. The summed E-state index contributed by atoms with van der Waals surface area (Å²) in [5.41, 5.74) is 1.21. The zero-order chi connectivity index (χ0) is 21.7. The molecule has 0 bridgehead atoms. The number of hydrogen-bond acceptors (Lipinski definition) is 5. The van der Waals surface area contributed by atoms with Crippen molar-refractivity contribution in [1.82, 2.24) is 9.80 Å². The van der Waals surface area contributed by atoms with Crippen LogP contribution in [0.1, 0.15) is 25.3 Å². The van der Waals surface area contributed by atoms with Crippen molar-refractivity contribution in [1.29, 1.82) is 0 Å². The molecule has 162 valence electrons. The first kappa shape index (κ1) is 23.4. The van der Waals surface area contributed by atoms with Crippen molar-refractivity contribution in [3.8, 4) is 0 Å². The van der Waals surface area contributed by atoms with E-state index in [-0.39, 0.29) is 24.2 Å². The van der Waals surface area contributed by atoms with Crippen LogP contribution < -0.4 is 0 Å². The van der Waals surface area contributed by atoms with Crippen LogP contribution in [0.25, 0.3) is 0 Å². The van der Waals surface area contributed by atoms with Gasteiger partial charge in [-0.05, 0) is 42.2 Å². The second kappa shape index (κ2) is 9.73. The summed E-state index contributed by atoms with van der Waals surface area (Å²) in [6, 6.07) is 2.31. The van der Waals surface area contributed by atoms with E-state index in [1.54, 1.807) is 17.4 Å². The number of thiophene rings is 1. The molecule has 10 heteroatoms. The van der Waals surface area contributed by atoms with Crippen LogP contribution in [0.2, 0.25) is 0 Å². The summed E-state index contributed by atoms with van der Waals surface area (Å²) in [5, 5.41) is 11.5. The topological polar surface area (TPSA) is 70.1 Å². The normalized spacial score (nSPS) is 22.1. The monoisotopic (exact) mass is 434 g/mol. The van der Waals surface area contributed by atoms with Gasteiger partial charge in [0.1, 0.15) is 6.61 Å². The number of morpholine rings is 1. The average molecular weight is 434 g/mol. The summed E-state index contributed by atoms with van der Waals surface area (Å²) in [6.07, 6.45) is -1.31. The lowest BCUT2D eigenvalue weighted by molar-refractivity contribution is -0.192. The van der Waals surface area contributed by atoms with Crippen LogP contribution in [0, 0.1) is 0 Å². The average Bonchev–Trinajstić information content (AvgIpc) is 3.17. The molecule has 3 heterocycles. The molecule has 1 spiro atoms. The van der Waals surface area contributed by atoms with Crippen LogP contribution in [0.15, 0.2) is 29.5 Å². The fraction of sp³-hybridized carbons (Fsp3) is 0.579. The van der Waals surface area contributed by atoms with Crippen molar-refractivity contribution in [2.45, 2.75) is 44.1 Å². The van der Waals surface area contributed by atoms with E-state index < -0.39 is 12.1 Å². The number of rotatable bonds is 4. The fourth-order valence-electron chi connectivity index (χ4n) is 3.60. The van der Waals surface area contributed by atoms with Gasteiger partial charge in [0, 0.05) is 26.2 Å². The Balaban J connectivity index is 0.000000370. The Morgan fingerprint density at radius 2 is 2.07 bits per heavy atom. The third-order valence-electron chi connectivity index (χ3n) is 5.29. The molecule has 6 nitrogen and oxygen atoms in total. The SMILES string of the molecule is C=CCN1C(=O)COC2(CCN(Cc3ccsc3)CC2)C1C.O=C(O)C(F)(F)F. The first-order valence-corrected chi connectivity index (χ1v) is 10.1. The summed E-state index contributed by atoms with van der Waals surface area (Å²) in [5.74, 6) is -2.67. The molecule has 0 radical (unpaired) electrons. The van der Waals surface area contributed by atoms with Gasteiger partial charge in [-0.25, -0.2) is 4.79 Å². The maximum Gasteiger partial charge on any atom is 0.490 e. The Kier molecular flexibility index (Phi) is 7.84. The minimum Gasteiger partial charge on any atom is -0.475 e. The van der Waals surface area contributed by atoms with Crippen molar-refractivity contribution in [3.63, 3.8) is 0 Å². The summed E-state index contributed by atoms with van der Waals surface area (Å²) < 4.78 is 37.8. The number of nitrogens with zero attached hydrogens (tertiary/aromatic N) is 2. The second-order valence-corrected chi connectivity index (χ2v) is 7.85. The molecule has 1 unspecified atom stereocenters. The number of carbonyl (C=O) groups excluding carboxylic acids is 1. The number of ether oxygens (including phenoxy) is 1. The zero-order valence-corrected chi connectivity index (χ0v) is 17.0. The largest absolute Gasteiger partial charge is 0.490 e. The van der Waals surface area contributed by atoms with Crippen LogP contribution in [-0.2, 0) is 20.9 Å². The minimum atomic E-state index is -5.08. The van der Waals surface area contributed by atoms with E-state index in [1.165, 1.54) is 5.56 Å². The molecule has 29 heavy (non-hydrogen) atoms. The third-order valence-corrected chi connectivity index (χ3v) is 6.02. The van der Waals surface area contributed by atoms with Gasteiger partial charge in [-0.1, -0.05) is 6.08 Å². The van der Waals surface area contributed by atoms with Gasteiger partial charge in [-0.3, -0.25) is 9.69 Å². The summed E-state index contributed by atoms with van der Waals surface area (Å²) in [7, 11) is 0. The highest BCUT2D eigenvalue weighted by Crippen LogP contribution is 2.36. The van der Waals surface area contributed by atoms with Gasteiger partial charge in [0.05, 0.1) is 11.6 Å². The van der Waals surface area contributed by atoms with Crippen LogP contribution in [0.5, 0.6) is 0 Å². The van der Waals surface area contributed by atoms with Gasteiger partial charge < -0.3 is 14.7 Å². The molecule has 1 aromatic rings. The van der Waals surface area contributed by atoms with E-state index in [2.05, 4.69) is 35.2 Å². The Labute approximate surface area is 171 Å². The first-order chi connectivity index (χ1) is 13.6. The lowest BCUT2D eigenvalue weighted by atomic mass is 9.82. The number of carboxylic acid groups (broad SMARTS) is 1. The third kappa shape index (κ3) is 6.03. The summed E-state index contributed by atoms with van der Waals surface area (Å²) >= 11 is 1.75. The maximum atomic E-state index is 12.0. The van der Waals surface area contributed by atoms with Crippen molar-refractivity contribution in [2.75, 3.05) is 26.2 Å². The van der Waals surface area contributed by atoms with Crippen LogP contribution >= 0.6 is 11.3 Å². The molecule has 1 N–H and O–H groups in total. The lowest BCUT2D eigenvalue weighted by Gasteiger charge is -2.51. The highest BCUT2D eigenvalue weighted by atomic mass is 32.1. The maximum absolute atomic E-state index is 12.0. The number of aliphatic carboxylic acids is 1. The number of amides is 1. The zero-order valence-electron chi connectivity index (χ0n) is 16.2. The molecule has 0 aliphatic carbocycles. The van der Waals surface area contributed by atoms with Crippen LogP contribution in [0.3, 0.4) is 0 Å². The molecule has 2 aliphatic rings. The molecule has 3 rings (SSSR count). The highest BCUT2D eigenvalue weighted by molar-refractivity contribution is 7.07. The minimum absolute atomic E-state index is 0.0822. The van der Waals surface area contributed by atoms with Crippen molar-refractivity contribution in [2.24, 2.45) is 0 Å². The van der Waals surface area contributed by atoms with Gasteiger partial charge in [0.2, 0.25) is 5.91 Å². The fourth-order valence-corrected chi connectivity index (χ4v) is 4.26. The van der Waals surface area contributed by atoms with Gasteiger partial charge in [-0.15, -0.1) is 6.58 Å². The van der Waals surface area contributed by atoms with Gasteiger partial charge >= 0.3 is 12.1 Å². The quantitative estimate of drug-likeness (QED) is 0.738. The molecule has 0 saturated carbocycles. The number of likely N-dealkylation sites (tertiary alicyclic amines) is 1. The van der Waals surface area contributed by atoms with E-state index in [0.717, 1.165) is 32.5 Å². The molecule has 2 aliphatic heterocycles. The second-order valence-electron chi connectivity index (χ2n) is 7.07. The van der Waals surface area contributed by atoms with Gasteiger partial charge in [-0.2, -0.15) is 24.5 Å². The Morgan fingerprint density at radius 1 is 1.45 bits per heavy atom. The molecular formula is C19H25F3N2O4S. The summed E-state index contributed by atoms with van der Waals surface area (Å²) in [6.45, 7) is 9.78.